The van der Waals surface area contributed by atoms with Crippen molar-refractivity contribution < 1.29 is 4.79 Å². The van der Waals surface area contributed by atoms with Gasteiger partial charge in [-0.2, -0.15) is 0 Å². The summed E-state index contributed by atoms with van der Waals surface area (Å²) in [6.45, 7) is 5.14. The van der Waals surface area contributed by atoms with Gasteiger partial charge in [0.05, 0.1) is 6.54 Å². The molecular weight excluding hydrogens is 138 g/mol. The number of unbranched alkanes of at least 4 members (excludes halogenated alkanes) is 1. The van der Waals surface area contributed by atoms with Crippen LogP contribution in [0.25, 0.3) is 0 Å². The molecule has 2 nitrogen and oxygen atoms in total. The van der Waals surface area contributed by atoms with Crippen LogP contribution >= 0.6 is 0 Å². The Morgan fingerprint density at radius 1 is 1.55 bits per heavy atom. The molecule has 0 atom stereocenters. The number of carbonyl (C=O) groups is 1. The third-order valence-electron chi connectivity index (χ3n) is 2.16. The Morgan fingerprint density at radius 3 is 3.00 bits per heavy atom. The van der Waals surface area contributed by atoms with Gasteiger partial charge in [0.2, 0.25) is 0 Å². The van der Waals surface area contributed by atoms with Crippen LogP contribution in [0.1, 0.15) is 32.6 Å². The largest absolute Gasteiger partial charge is 0.298 e. The van der Waals surface area contributed by atoms with E-state index < -0.39 is 0 Å². The molecule has 0 amide bonds. The third-order valence-corrected chi connectivity index (χ3v) is 2.16. The minimum absolute atomic E-state index is 0.423. The first-order valence-electron chi connectivity index (χ1n) is 4.57. The van der Waals surface area contributed by atoms with E-state index in [9.17, 15) is 4.79 Å². The molecule has 1 aliphatic rings. The highest BCUT2D eigenvalue weighted by atomic mass is 16.1. The van der Waals surface area contributed by atoms with Gasteiger partial charge in [0, 0.05) is 6.42 Å². The number of piperidine rings is 1. The van der Waals surface area contributed by atoms with E-state index in [4.69, 9.17) is 0 Å². The van der Waals surface area contributed by atoms with E-state index in [1.54, 1.807) is 0 Å². The summed E-state index contributed by atoms with van der Waals surface area (Å²) in [5.41, 5.74) is 0. The van der Waals surface area contributed by atoms with E-state index in [-0.39, 0.29) is 0 Å². The van der Waals surface area contributed by atoms with Crippen molar-refractivity contribution >= 4 is 5.78 Å². The Morgan fingerprint density at radius 2 is 2.36 bits per heavy atom. The Balaban J connectivity index is 2.17. The summed E-state index contributed by atoms with van der Waals surface area (Å²) in [5.74, 6) is 0.423. The second-order valence-electron chi connectivity index (χ2n) is 3.27. The lowest BCUT2D eigenvalue weighted by Gasteiger charge is -2.24. The Hall–Kier alpha value is -0.370. The van der Waals surface area contributed by atoms with Crippen molar-refractivity contribution in [2.45, 2.75) is 32.6 Å². The Bertz CT molecular complexity index is 134. The molecule has 1 heterocycles. The molecule has 0 spiro atoms. The lowest BCUT2D eigenvalue weighted by atomic mass is 10.1. The molecule has 0 aromatic heterocycles. The molecule has 0 radical (unpaired) electrons. The second-order valence-corrected chi connectivity index (χ2v) is 3.27. The highest BCUT2D eigenvalue weighted by Crippen LogP contribution is 2.06. The second kappa shape index (κ2) is 4.50. The maximum absolute atomic E-state index is 11.0. The zero-order valence-corrected chi connectivity index (χ0v) is 7.31. The summed E-state index contributed by atoms with van der Waals surface area (Å²) >= 11 is 0. The van der Waals surface area contributed by atoms with Gasteiger partial charge in [-0.15, -0.1) is 0 Å². The molecule has 0 aromatic rings. The number of likely N-dealkylation sites (tertiary alicyclic amines) is 1. The summed E-state index contributed by atoms with van der Waals surface area (Å²) in [6.07, 6.45) is 4.34. The van der Waals surface area contributed by atoms with E-state index in [1.165, 1.54) is 12.8 Å². The van der Waals surface area contributed by atoms with Gasteiger partial charge in [-0.25, -0.2) is 0 Å². The first-order valence-corrected chi connectivity index (χ1v) is 4.57. The summed E-state index contributed by atoms with van der Waals surface area (Å²) in [4.78, 5) is 13.3. The molecule has 2 heteroatoms. The van der Waals surface area contributed by atoms with Crippen molar-refractivity contribution in [3.05, 3.63) is 0 Å². The van der Waals surface area contributed by atoms with Crippen molar-refractivity contribution in [3.8, 4) is 0 Å². The molecular formula is C9H17NO. The Labute approximate surface area is 68.6 Å². The van der Waals surface area contributed by atoms with E-state index in [2.05, 4.69) is 11.8 Å². The first kappa shape index (κ1) is 8.72. The molecule has 0 aliphatic carbocycles. The summed E-state index contributed by atoms with van der Waals surface area (Å²) < 4.78 is 0. The third kappa shape index (κ3) is 3.02. The van der Waals surface area contributed by atoms with E-state index in [0.29, 0.717) is 12.3 Å². The maximum atomic E-state index is 11.0. The van der Waals surface area contributed by atoms with Gasteiger partial charge < -0.3 is 0 Å². The fourth-order valence-electron chi connectivity index (χ4n) is 1.48. The zero-order chi connectivity index (χ0) is 8.10. The SMILES string of the molecule is CCCCN1CCCC(=O)C1. The van der Waals surface area contributed by atoms with E-state index in [0.717, 1.165) is 25.9 Å². The van der Waals surface area contributed by atoms with Crippen molar-refractivity contribution in [2.75, 3.05) is 19.6 Å². The predicted octanol–water partition coefficient (Wildman–Crippen LogP) is 1.45. The number of Topliss-reactive ketones (excluding diaryl/α,β-unsaturated/α-hetero) is 1. The monoisotopic (exact) mass is 155 g/mol. The van der Waals surface area contributed by atoms with Gasteiger partial charge in [-0.1, -0.05) is 13.3 Å². The number of nitrogens with zero attached hydrogens (tertiary/aromatic N) is 1. The average Bonchev–Trinajstić information content (AvgIpc) is 2.01. The Kier molecular flexibility index (Phi) is 3.57. The van der Waals surface area contributed by atoms with Gasteiger partial charge in [0.25, 0.3) is 0 Å². The molecule has 1 fully saturated rings. The van der Waals surface area contributed by atoms with Crippen LogP contribution in [0.15, 0.2) is 0 Å². The first-order chi connectivity index (χ1) is 5.33. The van der Waals surface area contributed by atoms with E-state index >= 15 is 0 Å². The van der Waals surface area contributed by atoms with Crippen LogP contribution in [-0.2, 0) is 4.79 Å². The topological polar surface area (TPSA) is 20.3 Å². The standard InChI is InChI=1S/C9H17NO/c1-2-3-6-10-7-4-5-9(11)8-10/h2-8H2,1H3. The number of hydrogen-bond donors (Lipinski definition) is 0. The lowest BCUT2D eigenvalue weighted by molar-refractivity contribution is -0.122. The average molecular weight is 155 g/mol. The van der Waals surface area contributed by atoms with Crippen LogP contribution in [0.4, 0.5) is 0 Å². The van der Waals surface area contributed by atoms with Crippen LogP contribution in [0.2, 0.25) is 0 Å². The van der Waals surface area contributed by atoms with Crippen molar-refractivity contribution in [2.24, 2.45) is 0 Å². The predicted molar refractivity (Wildman–Crippen MR) is 45.6 cm³/mol. The summed E-state index contributed by atoms with van der Waals surface area (Å²) in [7, 11) is 0. The molecule has 0 bridgehead atoms. The molecule has 64 valence electrons. The molecule has 1 saturated heterocycles. The molecule has 1 rings (SSSR count). The maximum Gasteiger partial charge on any atom is 0.146 e. The lowest BCUT2D eigenvalue weighted by Crippen LogP contribution is -2.36. The highest BCUT2D eigenvalue weighted by molar-refractivity contribution is 5.81. The molecule has 11 heavy (non-hydrogen) atoms. The van der Waals surface area contributed by atoms with E-state index in [1.807, 2.05) is 0 Å². The number of carbonyl (C=O) groups excluding carboxylic acids is 1. The van der Waals surface area contributed by atoms with Crippen LogP contribution in [0.3, 0.4) is 0 Å². The van der Waals surface area contributed by atoms with Crippen molar-refractivity contribution in [1.82, 2.24) is 4.90 Å². The van der Waals surface area contributed by atoms with Crippen LogP contribution in [0, 0.1) is 0 Å². The van der Waals surface area contributed by atoms with Gasteiger partial charge in [-0.05, 0) is 25.9 Å². The molecule has 0 aromatic carbocycles. The normalized spacial score (nSPS) is 20.6. The zero-order valence-electron chi connectivity index (χ0n) is 7.31. The number of rotatable bonds is 3. The molecule has 0 unspecified atom stereocenters. The molecule has 0 saturated carbocycles. The van der Waals surface area contributed by atoms with Crippen LogP contribution in [-0.4, -0.2) is 30.3 Å². The number of hydrogen-bond acceptors (Lipinski definition) is 2. The molecule has 0 N–H and O–H groups in total. The summed E-state index contributed by atoms with van der Waals surface area (Å²) in [5, 5.41) is 0. The van der Waals surface area contributed by atoms with Gasteiger partial charge in [0.1, 0.15) is 5.78 Å². The smallest absolute Gasteiger partial charge is 0.146 e. The fraction of sp³-hybridized carbons (Fsp3) is 0.889. The van der Waals surface area contributed by atoms with Crippen LogP contribution < -0.4 is 0 Å². The fourth-order valence-corrected chi connectivity index (χ4v) is 1.48. The van der Waals surface area contributed by atoms with Gasteiger partial charge in [-0.3, -0.25) is 9.69 Å². The van der Waals surface area contributed by atoms with Crippen LogP contribution in [0.5, 0.6) is 0 Å². The minimum Gasteiger partial charge on any atom is -0.298 e. The number of ketones is 1. The van der Waals surface area contributed by atoms with Gasteiger partial charge in [0.15, 0.2) is 0 Å². The minimum atomic E-state index is 0.423. The summed E-state index contributed by atoms with van der Waals surface area (Å²) in [6, 6.07) is 0. The molecule has 1 aliphatic heterocycles. The van der Waals surface area contributed by atoms with Crippen molar-refractivity contribution in [1.29, 1.82) is 0 Å². The quantitative estimate of drug-likeness (QED) is 0.615. The van der Waals surface area contributed by atoms with Crippen molar-refractivity contribution in [3.63, 3.8) is 0 Å². The van der Waals surface area contributed by atoms with Gasteiger partial charge >= 0.3 is 0 Å². The highest BCUT2D eigenvalue weighted by Gasteiger charge is 2.15.